The van der Waals surface area contributed by atoms with E-state index in [1.54, 1.807) is 12.1 Å². The Bertz CT molecular complexity index is 1310. The molecule has 3 aromatic carbocycles. The number of halogens is 1. The molecular weight excluding hydrogens is 351 g/mol. The molecule has 0 saturated heterocycles. The van der Waals surface area contributed by atoms with Gasteiger partial charge in [0.05, 0.1) is 11.0 Å². The molecule has 0 aliphatic carbocycles. The smallest absolute Gasteiger partial charge is 0.187 e. The Morgan fingerprint density at radius 1 is 0.750 bits per heavy atom. The fourth-order valence-corrected chi connectivity index (χ4v) is 3.24. The summed E-state index contributed by atoms with van der Waals surface area (Å²) in [5, 5.41) is 8.76. The van der Waals surface area contributed by atoms with E-state index in [-0.39, 0.29) is 5.82 Å². The van der Waals surface area contributed by atoms with Gasteiger partial charge in [-0.05, 0) is 48.0 Å². The van der Waals surface area contributed by atoms with E-state index in [9.17, 15) is 4.39 Å². The van der Waals surface area contributed by atoms with Gasteiger partial charge in [0.1, 0.15) is 11.5 Å². The third-order valence-corrected chi connectivity index (χ3v) is 4.59. The third-order valence-electron chi connectivity index (χ3n) is 4.59. The summed E-state index contributed by atoms with van der Waals surface area (Å²) in [6.45, 7) is 0. The van der Waals surface area contributed by atoms with Crippen molar-refractivity contribution in [3.63, 3.8) is 0 Å². The summed E-state index contributed by atoms with van der Waals surface area (Å²) < 4.78 is 15.3. The number of para-hydroxylation sites is 2. The molecule has 2 heterocycles. The first-order valence-corrected chi connectivity index (χ1v) is 8.92. The number of aromatic nitrogens is 4. The van der Waals surface area contributed by atoms with Gasteiger partial charge in [0.25, 0.3) is 0 Å². The van der Waals surface area contributed by atoms with Gasteiger partial charge in [-0.1, -0.05) is 48.5 Å². The number of rotatable bonds is 3. The second-order valence-electron chi connectivity index (χ2n) is 6.42. The fraction of sp³-hybridized carbons (Fsp3) is 0. The standard InChI is InChI=1S/C23H15FN4/c24-18-13-11-17(12-14-18)22-26-27-23-20(15-10-16-6-2-1-3-7-16)25-19-8-4-5-9-21(19)28(22)23/h1-15H/b15-10+. The molecule has 28 heavy (non-hydrogen) atoms. The summed E-state index contributed by atoms with van der Waals surface area (Å²) in [4.78, 5) is 4.77. The molecule has 0 N–H and O–H groups in total. The second kappa shape index (κ2) is 6.70. The molecule has 5 aromatic rings. The molecule has 0 unspecified atom stereocenters. The zero-order chi connectivity index (χ0) is 18.9. The van der Waals surface area contributed by atoms with E-state index >= 15 is 0 Å². The van der Waals surface area contributed by atoms with Crippen LogP contribution in [0.5, 0.6) is 0 Å². The average Bonchev–Trinajstić information content (AvgIpc) is 3.19. The molecule has 0 amide bonds. The van der Waals surface area contributed by atoms with Gasteiger partial charge in [0.2, 0.25) is 0 Å². The predicted octanol–water partition coefficient (Wildman–Crippen LogP) is 5.25. The minimum Gasteiger partial charge on any atom is -0.271 e. The molecule has 134 valence electrons. The lowest BCUT2D eigenvalue weighted by Gasteiger charge is -2.07. The third kappa shape index (κ3) is 2.83. The van der Waals surface area contributed by atoms with Crippen molar-refractivity contribution in [1.29, 1.82) is 0 Å². The van der Waals surface area contributed by atoms with Gasteiger partial charge in [0.15, 0.2) is 11.5 Å². The average molecular weight is 366 g/mol. The number of hydrogen-bond donors (Lipinski definition) is 0. The molecule has 5 rings (SSSR count). The van der Waals surface area contributed by atoms with Crippen molar-refractivity contribution in [2.24, 2.45) is 0 Å². The van der Waals surface area contributed by atoms with Crippen molar-refractivity contribution in [3.05, 3.63) is 95.9 Å². The van der Waals surface area contributed by atoms with E-state index in [1.807, 2.05) is 71.2 Å². The lowest BCUT2D eigenvalue weighted by atomic mass is 10.2. The highest BCUT2D eigenvalue weighted by atomic mass is 19.1. The van der Waals surface area contributed by atoms with Crippen molar-refractivity contribution >= 4 is 28.8 Å². The van der Waals surface area contributed by atoms with Crippen LogP contribution in [-0.4, -0.2) is 19.6 Å². The summed E-state index contributed by atoms with van der Waals surface area (Å²) in [7, 11) is 0. The summed E-state index contributed by atoms with van der Waals surface area (Å²) in [5.41, 5.74) is 5.00. The van der Waals surface area contributed by atoms with E-state index in [4.69, 9.17) is 4.98 Å². The van der Waals surface area contributed by atoms with Crippen LogP contribution in [-0.2, 0) is 0 Å². The summed E-state index contributed by atoms with van der Waals surface area (Å²) in [6.07, 6.45) is 3.95. The van der Waals surface area contributed by atoms with Crippen LogP contribution in [0.1, 0.15) is 11.3 Å². The van der Waals surface area contributed by atoms with Crippen LogP contribution in [0.2, 0.25) is 0 Å². The van der Waals surface area contributed by atoms with Crippen LogP contribution in [0.15, 0.2) is 78.9 Å². The van der Waals surface area contributed by atoms with Crippen molar-refractivity contribution in [1.82, 2.24) is 19.6 Å². The van der Waals surface area contributed by atoms with Crippen LogP contribution >= 0.6 is 0 Å². The van der Waals surface area contributed by atoms with E-state index in [0.717, 1.165) is 27.9 Å². The Kier molecular flexibility index (Phi) is 3.91. The molecule has 0 spiro atoms. The van der Waals surface area contributed by atoms with E-state index in [1.165, 1.54) is 12.1 Å². The zero-order valence-electron chi connectivity index (χ0n) is 14.8. The SMILES string of the molecule is Fc1ccc(-c2nnc3c(/C=C/c4ccccc4)nc4ccccc4n23)cc1. The molecule has 0 bridgehead atoms. The van der Waals surface area contributed by atoms with Gasteiger partial charge >= 0.3 is 0 Å². The molecule has 4 nitrogen and oxygen atoms in total. The molecule has 0 saturated carbocycles. The molecule has 0 atom stereocenters. The summed E-state index contributed by atoms with van der Waals surface area (Å²) in [6, 6.07) is 24.2. The minimum absolute atomic E-state index is 0.282. The normalized spacial score (nSPS) is 11.6. The van der Waals surface area contributed by atoms with Crippen LogP contribution in [0, 0.1) is 5.82 Å². The van der Waals surface area contributed by atoms with Crippen LogP contribution in [0.3, 0.4) is 0 Å². The van der Waals surface area contributed by atoms with E-state index < -0.39 is 0 Å². The van der Waals surface area contributed by atoms with Gasteiger partial charge < -0.3 is 0 Å². The zero-order valence-corrected chi connectivity index (χ0v) is 14.8. The van der Waals surface area contributed by atoms with Gasteiger partial charge in [0, 0.05) is 5.56 Å². The molecule has 0 aliphatic rings. The van der Waals surface area contributed by atoms with Crippen LogP contribution in [0.25, 0.3) is 40.2 Å². The number of nitrogens with zero attached hydrogens (tertiary/aromatic N) is 4. The lowest BCUT2D eigenvalue weighted by Crippen LogP contribution is -1.97. The van der Waals surface area contributed by atoms with Crippen molar-refractivity contribution < 1.29 is 4.39 Å². The Morgan fingerprint density at radius 2 is 1.50 bits per heavy atom. The van der Waals surface area contributed by atoms with Gasteiger partial charge in [-0.15, -0.1) is 10.2 Å². The Labute approximate surface area is 160 Å². The van der Waals surface area contributed by atoms with Crippen LogP contribution < -0.4 is 0 Å². The Balaban J connectivity index is 1.75. The monoisotopic (exact) mass is 366 g/mol. The predicted molar refractivity (Wildman–Crippen MR) is 109 cm³/mol. The van der Waals surface area contributed by atoms with E-state index in [2.05, 4.69) is 10.2 Å². The first-order valence-electron chi connectivity index (χ1n) is 8.92. The van der Waals surface area contributed by atoms with Crippen molar-refractivity contribution in [3.8, 4) is 11.4 Å². The number of fused-ring (bicyclic) bond motifs is 3. The van der Waals surface area contributed by atoms with Crippen molar-refractivity contribution in [2.45, 2.75) is 0 Å². The highest BCUT2D eigenvalue weighted by Gasteiger charge is 2.15. The highest BCUT2D eigenvalue weighted by Crippen LogP contribution is 2.25. The maximum Gasteiger partial charge on any atom is 0.187 e. The van der Waals surface area contributed by atoms with E-state index in [0.29, 0.717) is 11.5 Å². The maximum absolute atomic E-state index is 13.4. The quantitative estimate of drug-likeness (QED) is 0.438. The first kappa shape index (κ1) is 16.3. The van der Waals surface area contributed by atoms with Crippen molar-refractivity contribution in [2.75, 3.05) is 0 Å². The molecule has 0 aliphatic heterocycles. The van der Waals surface area contributed by atoms with Crippen LogP contribution in [0.4, 0.5) is 4.39 Å². The van der Waals surface area contributed by atoms with Gasteiger partial charge in [-0.3, -0.25) is 4.40 Å². The molecule has 0 radical (unpaired) electrons. The maximum atomic E-state index is 13.4. The second-order valence-corrected chi connectivity index (χ2v) is 6.42. The lowest BCUT2D eigenvalue weighted by molar-refractivity contribution is 0.628. The Hall–Kier alpha value is -3.86. The van der Waals surface area contributed by atoms with Gasteiger partial charge in [-0.2, -0.15) is 0 Å². The largest absolute Gasteiger partial charge is 0.271 e. The van der Waals surface area contributed by atoms with Gasteiger partial charge in [-0.25, -0.2) is 9.37 Å². The molecule has 5 heteroatoms. The molecular formula is C23H15FN4. The first-order chi connectivity index (χ1) is 13.8. The summed E-state index contributed by atoms with van der Waals surface area (Å²) >= 11 is 0. The summed E-state index contributed by atoms with van der Waals surface area (Å²) in [5.74, 6) is 0.374. The minimum atomic E-state index is -0.282. The highest BCUT2D eigenvalue weighted by molar-refractivity contribution is 5.85. The number of benzene rings is 3. The molecule has 0 fully saturated rings. The fourth-order valence-electron chi connectivity index (χ4n) is 3.24. The molecule has 2 aromatic heterocycles. The number of hydrogen-bond acceptors (Lipinski definition) is 3. The Morgan fingerprint density at radius 3 is 2.32 bits per heavy atom. The topological polar surface area (TPSA) is 43.1 Å².